The van der Waals surface area contributed by atoms with Crippen LogP contribution in [0.25, 0.3) is 0 Å². The topological polar surface area (TPSA) is 15.7 Å². The fourth-order valence-electron chi connectivity index (χ4n) is 4.22. The molecule has 0 N–H and O–H groups in total. The van der Waals surface area contributed by atoms with E-state index in [0.29, 0.717) is 0 Å². The monoisotopic (exact) mass is 422 g/mol. The molecular formula is C23H32Cl2N2O. The van der Waals surface area contributed by atoms with Crippen molar-refractivity contribution < 1.29 is 4.74 Å². The van der Waals surface area contributed by atoms with Crippen molar-refractivity contribution in [3.63, 3.8) is 0 Å². The standard InChI is InChI=1S/C23H30N2O.2ClH/c1-19-17-20-7-5-8-21(20)18-23(19)26-16-6-11-24-12-14-25(15-13-24)22-9-3-2-4-10-22;;/h2-4,9-10,17-18H,5-8,11-16H2,1H3;2*1H. The fraction of sp³-hybridized carbons (Fsp3) is 0.478. The van der Waals surface area contributed by atoms with Crippen LogP contribution in [0.3, 0.4) is 0 Å². The SMILES string of the molecule is Cc1cc2c(cc1OCCCN1CCN(c3ccccc3)CC1)CCC2.Cl.Cl. The molecule has 5 heteroatoms. The van der Waals surface area contributed by atoms with Gasteiger partial charge in [-0.05, 0) is 67.5 Å². The van der Waals surface area contributed by atoms with Crippen molar-refractivity contribution in [1.82, 2.24) is 4.90 Å². The summed E-state index contributed by atoms with van der Waals surface area (Å²) in [5.74, 6) is 1.10. The summed E-state index contributed by atoms with van der Waals surface area (Å²) in [5.41, 5.74) is 5.68. The molecule has 2 aromatic carbocycles. The summed E-state index contributed by atoms with van der Waals surface area (Å²) in [6.07, 6.45) is 4.86. The first-order valence-electron chi connectivity index (χ1n) is 10.1. The minimum absolute atomic E-state index is 0. The van der Waals surface area contributed by atoms with Crippen LogP contribution in [0.5, 0.6) is 5.75 Å². The molecule has 0 radical (unpaired) electrons. The number of ether oxygens (including phenoxy) is 1. The molecule has 0 amide bonds. The molecule has 0 bridgehead atoms. The number of aryl methyl sites for hydroxylation is 3. The zero-order chi connectivity index (χ0) is 17.8. The van der Waals surface area contributed by atoms with E-state index in [1.165, 1.54) is 41.6 Å². The van der Waals surface area contributed by atoms with Gasteiger partial charge in [0.2, 0.25) is 0 Å². The summed E-state index contributed by atoms with van der Waals surface area (Å²) in [4.78, 5) is 5.05. The van der Waals surface area contributed by atoms with Crippen LogP contribution in [-0.4, -0.2) is 44.2 Å². The van der Waals surface area contributed by atoms with Crippen LogP contribution in [0.4, 0.5) is 5.69 Å². The lowest BCUT2D eigenvalue weighted by Gasteiger charge is -2.36. The van der Waals surface area contributed by atoms with Crippen molar-refractivity contribution in [3.05, 3.63) is 59.2 Å². The maximum Gasteiger partial charge on any atom is 0.122 e. The van der Waals surface area contributed by atoms with Gasteiger partial charge < -0.3 is 9.64 Å². The van der Waals surface area contributed by atoms with E-state index < -0.39 is 0 Å². The number of fused-ring (bicyclic) bond motifs is 1. The highest BCUT2D eigenvalue weighted by atomic mass is 35.5. The molecule has 0 atom stereocenters. The molecule has 1 fully saturated rings. The third-order valence-electron chi connectivity index (χ3n) is 5.76. The van der Waals surface area contributed by atoms with Gasteiger partial charge in [-0.25, -0.2) is 0 Å². The Morgan fingerprint density at radius 3 is 2.29 bits per heavy atom. The second-order valence-electron chi connectivity index (χ2n) is 7.61. The molecule has 1 saturated heterocycles. The summed E-state index contributed by atoms with van der Waals surface area (Å²) < 4.78 is 6.11. The van der Waals surface area contributed by atoms with Crippen LogP contribution in [-0.2, 0) is 12.8 Å². The minimum atomic E-state index is 0. The van der Waals surface area contributed by atoms with Gasteiger partial charge in [0.15, 0.2) is 0 Å². The van der Waals surface area contributed by atoms with Gasteiger partial charge in [-0.3, -0.25) is 4.90 Å². The van der Waals surface area contributed by atoms with E-state index in [4.69, 9.17) is 4.74 Å². The smallest absolute Gasteiger partial charge is 0.122 e. The van der Waals surface area contributed by atoms with E-state index >= 15 is 0 Å². The number of piperazine rings is 1. The Labute approximate surface area is 181 Å². The maximum absolute atomic E-state index is 6.11. The summed E-state index contributed by atoms with van der Waals surface area (Å²) in [6, 6.07) is 15.4. The Hall–Kier alpha value is -1.42. The zero-order valence-electron chi connectivity index (χ0n) is 16.7. The number of hydrogen-bond donors (Lipinski definition) is 0. The second-order valence-corrected chi connectivity index (χ2v) is 7.61. The van der Waals surface area contributed by atoms with Crippen LogP contribution in [0.1, 0.15) is 29.5 Å². The number of rotatable bonds is 6. The van der Waals surface area contributed by atoms with Gasteiger partial charge in [-0.15, -0.1) is 24.8 Å². The van der Waals surface area contributed by atoms with Crippen molar-refractivity contribution in [2.45, 2.75) is 32.6 Å². The first-order chi connectivity index (χ1) is 12.8. The maximum atomic E-state index is 6.11. The predicted octanol–water partition coefficient (Wildman–Crippen LogP) is 4.92. The van der Waals surface area contributed by atoms with Crippen molar-refractivity contribution in [2.75, 3.05) is 44.2 Å². The third kappa shape index (κ3) is 5.56. The molecule has 28 heavy (non-hydrogen) atoms. The van der Waals surface area contributed by atoms with Crippen LogP contribution >= 0.6 is 24.8 Å². The van der Waals surface area contributed by atoms with E-state index in [1.54, 1.807) is 0 Å². The average molecular weight is 423 g/mol. The number of benzene rings is 2. The van der Waals surface area contributed by atoms with Crippen molar-refractivity contribution >= 4 is 30.5 Å². The molecular weight excluding hydrogens is 391 g/mol. The summed E-state index contributed by atoms with van der Waals surface area (Å²) in [5, 5.41) is 0. The number of hydrogen-bond acceptors (Lipinski definition) is 3. The Kier molecular flexibility index (Phi) is 8.94. The van der Waals surface area contributed by atoms with E-state index in [9.17, 15) is 0 Å². The molecule has 0 unspecified atom stereocenters. The Bertz CT molecular complexity index is 731. The van der Waals surface area contributed by atoms with Crippen LogP contribution in [0.15, 0.2) is 42.5 Å². The van der Waals surface area contributed by atoms with Crippen molar-refractivity contribution in [1.29, 1.82) is 0 Å². The van der Waals surface area contributed by atoms with Crippen LogP contribution in [0, 0.1) is 6.92 Å². The molecule has 1 heterocycles. The van der Waals surface area contributed by atoms with Gasteiger partial charge in [0.1, 0.15) is 5.75 Å². The van der Waals surface area contributed by atoms with Crippen LogP contribution < -0.4 is 9.64 Å². The molecule has 1 aliphatic heterocycles. The molecule has 4 rings (SSSR count). The minimum Gasteiger partial charge on any atom is -0.493 e. The molecule has 0 spiro atoms. The van der Waals surface area contributed by atoms with Crippen LogP contribution in [0.2, 0.25) is 0 Å². The predicted molar refractivity (Wildman–Crippen MR) is 123 cm³/mol. The highest BCUT2D eigenvalue weighted by Gasteiger charge is 2.17. The number of para-hydroxylation sites is 1. The lowest BCUT2D eigenvalue weighted by molar-refractivity contribution is 0.224. The second kappa shape index (κ2) is 10.9. The van der Waals surface area contributed by atoms with Gasteiger partial charge in [-0.2, -0.15) is 0 Å². The lowest BCUT2D eigenvalue weighted by Crippen LogP contribution is -2.46. The molecule has 0 aromatic heterocycles. The van der Waals surface area contributed by atoms with Gasteiger partial charge in [0.25, 0.3) is 0 Å². The van der Waals surface area contributed by atoms with Gasteiger partial charge in [0, 0.05) is 38.4 Å². The Balaban J connectivity index is 0.00000140. The molecule has 3 nitrogen and oxygen atoms in total. The highest BCUT2D eigenvalue weighted by molar-refractivity contribution is 5.85. The van der Waals surface area contributed by atoms with Crippen molar-refractivity contribution in [3.8, 4) is 5.75 Å². The molecule has 2 aliphatic rings. The summed E-state index contributed by atoms with van der Waals surface area (Å²) in [6.45, 7) is 8.66. The van der Waals surface area contributed by atoms with Gasteiger partial charge >= 0.3 is 0 Å². The Morgan fingerprint density at radius 1 is 0.893 bits per heavy atom. The van der Waals surface area contributed by atoms with E-state index in [0.717, 1.165) is 51.5 Å². The van der Waals surface area contributed by atoms with Crippen molar-refractivity contribution in [2.24, 2.45) is 0 Å². The highest BCUT2D eigenvalue weighted by Crippen LogP contribution is 2.29. The molecule has 2 aromatic rings. The number of nitrogens with zero attached hydrogens (tertiary/aromatic N) is 2. The first-order valence-corrected chi connectivity index (χ1v) is 10.1. The van der Waals surface area contributed by atoms with E-state index in [2.05, 4.69) is 59.2 Å². The zero-order valence-corrected chi connectivity index (χ0v) is 18.4. The first kappa shape index (κ1) is 22.9. The fourth-order valence-corrected chi connectivity index (χ4v) is 4.22. The normalized spacial score (nSPS) is 16.1. The third-order valence-corrected chi connectivity index (χ3v) is 5.76. The van der Waals surface area contributed by atoms with E-state index in [-0.39, 0.29) is 24.8 Å². The summed E-state index contributed by atoms with van der Waals surface area (Å²) >= 11 is 0. The number of halogens is 2. The molecule has 1 aliphatic carbocycles. The quantitative estimate of drug-likeness (QED) is 0.614. The van der Waals surface area contributed by atoms with Gasteiger partial charge in [-0.1, -0.05) is 24.3 Å². The van der Waals surface area contributed by atoms with Gasteiger partial charge in [0.05, 0.1) is 6.61 Å². The Morgan fingerprint density at radius 2 is 1.57 bits per heavy atom. The molecule has 154 valence electrons. The largest absolute Gasteiger partial charge is 0.493 e. The average Bonchev–Trinajstić information content (AvgIpc) is 3.13. The van der Waals surface area contributed by atoms with E-state index in [1.807, 2.05) is 0 Å². The number of anilines is 1. The summed E-state index contributed by atoms with van der Waals surface area (Å²) in [7, 11) is 0. The molecule has 0 saturated carbocycles. The lowest BCUT2D eigenvalue weighted by atomic mass is 10.1.